The second-order valence-electron chi connectivity index (χ2n) is 3.25. The molecule has 0 atom stereocenters. The van der Waals surface area contributed by atoms with Crippen molar-refractivity contribution in [1.29, 1.82) is 0 Å². The maximum absolute atomic E-state index is 11.3. The molecule has 0 saturated carbocycles. The van der Waals surface area contributed by atoms with Crippen LogP contribution >= 0.6 is 0 Å². The SMILES string of the molecule is C=CCN(C(C)=O)c1ccc(C)cc1. The molecule has 1 aromatic rings. The van der Waals surface area contributed by atoms with Gasteiger partial charge in [0.15, 0.2) is 0 Å². The normalized spacial score (nSPS) is 9.57. The molecule has 0 aliphatic heterocycles. The van der Waals surface area contributed by atoms with Gasteiger partial charge in [0, 0.05) is 19.2 Å². The van der Waals surface area contributed by atoms with Crippen LogP contribution in [-0.2, 0) is 4.79 Å². The van der Waals surface area contributed by atoms with Gasteiger partial charge in [0.2, 0.25) is 5.91 Å². The van der Waals surface area contributed by atoms with E-state index < -0.39 is 0 Å². The lowest BCUT2D eigenvalue weighted by atomic mass is 10.2. The molecule has 0 unspecified atom stereocenters. The lowest BCUT2D eigenvalue weighted by Crippen LogP contribution is -2.28. The Labute approximate surface area is 84.9 Å². The van der Waals surface area contributed by atoms with Crippen LogP contribution in [0.5, 0.6) is 0 Å². The van der Waals surface area contributed by atoms with E-state index in [-0.39, 0.29) is 5.91 Å². The molecule has 14 heavy (non-hydrogen) atoms. The van der Waals surface area contributed by atoms with Crippen LogP contribution in [0.4, 0.5) is 5.69 Å². The van der Waals surface area contributed by atoms with Gasteiger partial charge in [-0.2, -0.15) is 0 Å². The summed E-state index contributed by atoms with van der Waals surface area (Å²) in [5.74, 6) is 0.0359. The molecule has 0 aliphatic carbocycles. The third kappa shape index (κ3) is 2.46. The first-order valence-corrected chi connectivity index (χ1v) is 4.61. The summed E-state index contributed by atoms with van der Waals surface area (Å²) in [5, 5.41) is 0. The van der Waals surface area contributed by atoms with Gasteiger partial charge >= 0.3 is 0 Å². The zero-order valence-electron chi connectivity index (χ0n) is 8.66. The Kier molecular flexibility index (Phi) is 3.46. The molecule has 0 aliphatic rings. The molecule has 0 fully saturated rings. The van der Waals surface area contributed by atoms with E-state index in [2.05, 4.69) is 6.58 Å². The maximum Gasteiger partial charge on any atom is 0.224 e. The van der Waals surface area contributed by atoms with E-state index in [0.717, 1.165) is 5.69 Å². The summed E-state index contributed by atoms with van der Waals surface area (Å²) in [6.45, 7) is 7.77. The molecule has 1 amide bonds. The minimum Gasteiger partial charge on any atom is -0.309 e. The predicted molar refractivity (Wildman–Crippen MR) is 59.4 cm³/mol. The first-order chi connectivity index (χ1) is 6.65. The second kappa shape index (κ2) is 4.61. The Hall–Kier alpha value is -1.57. The molecule has 1 rings (SSSR count). The number of carbonyl (C=O) groups excluding carboxylic acids is 1. The summed E-state index contributed by atoms with van der Waals surface area (Å²) in [4.78, 5) is 13.0. The van der Waals surface area contributed by atoms with Crippen LogP contribution in [0.3, 0.4) is 0 Å². The Bertz CT molecular complexity index is 327. The van der Waals surface area contributed by atoms with E-state index in [1.807, 2.05) is 31.2 Å². The minimum absolute atomic E-state index is 0.0359. The summed E-state index contributed by atoms with van der Waals surface area (Å²) in [6, 6.07) is 7.88. The monoisotopic (exact) mass is 189 g/mol. The fraction of sp³-hybridized carbons (Fsp3) is 0.250. The average Bonchev–Trinajstić information content (AvgIpc) is 2.15. The minimum atomic E-state index is 0.0359. The Balaban J connectivity index is 2.93. The maximum atomic E-state index is 11.3. The van der Waals surface area contributed by atoms with E-state index >= 15 is 0 Å². The van der Waals surface area contributed by atoms with Gasteiger partial charge in [-0.1, -0.05) is 23.8 Å². The van der Waals surface area contributed by atoms with Crippen molar-refractivity contribution in [1.82, 2.24) is 0 Å². The van der Waals surface area contributed by atoms with Crippen molar-refractivity contribution in [3.63, 3.8) is 0 Å². The number of amides is 1. The van der Waals surface area contributed by atoms with Crippen molar-refractivity contribution < 1.29 is 4.79 Å². The Morgan fingerprint density at radius 2 is 2.00 bits per heavy atom. The number of aryl methyl sites for hydroxylation is 1. The molecule has 0 N–H and O–H groups in total. The van der Waals surface area contributed by atoms with Crippen LogP contribution in [0.2, 0.25) is 0 Å². The van der Waals surface area contributed by atoms with Crippen molar-refractivity contribution in [3.8, 4) is 0 Å². The highest BCUT2D eigenvalue weighted by molar-refractivity contribution is 5.91. The molecule has 0 spiro atoms. The largest absolute Gasteiger partial charge is 0.309 e. The number of anilines is 1. The summed E-state index contributed by atoms with van der Waals surface area (Å²) >= 11 is 0. The van der Waals surface area contributed by atoms with Crippen LogP contribution in [-0.4, -0.2) is 12.5 Å². The highest BCUT2D eigenvalue weighted by Crippen LogP contribution is 2.14. The van der Waals surface area contributed by atoms with Crippen LogP contribution in [0.1, 0.15) is 12.5 Å². The fourth-order valence-corrected chi connectivity index (χ4v) is 1.27. The lowest BCUT2D eigenvalue weighted by molar-refractivity contribution is -0.116. The third-order valence-electron chi connectivity index (χ3n) is 2.04. The highest BCUT2D eigenvalue weighted by atomic mass is 16.2. The molecule has 0 heterocycles. The van der Waals surface area contributed by atoms with E-state index in [1.165, 1.54) is 5.56 Å². The van der Waals surface area contributed by atoms with Gasteiger partial charge < -0.3 is 4.90 Å². The Morgan fingerprint density at radius 1 is 1.43 bits per heavy atom. The predicted octanol–water partition coefficient (Wildman–Crippen LogP) is 2.53. The molecule has 2 nitrogen and oxygen atoms in total. The van der Waals surface area contributed by atoms with E-state index in [9.17, 15) is 4.79 Å². The van der Waals surface area contributed by atoms with Gasteiger partial charge in [-0.05, 0) is 19.1 Å². The average molecular weight is 189 g/mol. The number of rotatable bonds is 3. The van der Waals surface area contributed by atoms with E-state index in [1.54, 1.807) is 17.9 Å². The number of nitrogens with zero attached hydrogens (tertiary/aromatic N) is 1. The summed E-state index contributed by atoms with van der Waals surface area (Å²) < 4.78 is 0. The summed E-state index contributed by atoms with van der Waals surface area (Å²) in [5.41, 5.74) is 2.11. The molecule has 0 saturated heterocycles. The number of benzene rings is 1. The van der Waals surface area contributed by atoms with Gasteiger partial charge in [-0.3, -0.25) is 4.79 Å². The van der Waals surface area contributed by atoms with Gasteiger partial charge in [0.1, 0.15) is 0 Å². The molecular formula is C12H15NO. The van der Waals surface area contributed by atoms with Gasteiger partial charge in [0.05, 0.1) is 0 Å². The van der Waals surface area contributed by atoms with Gasteiger partial charge in [-0.15, -0.1) is 6.58 Å². The van der Waals surface area contributed by atoms with Crippen LogP contribution in [0.25, 0.3) is 0 Å². The van der Waals surface area contributed by atoms with Crippen LogP contribution in [0.15, 0.2) is 36.9 Å². The van der Waals surface area contributed by atoms with Crippen molar-refractivity contribution in [2.45, 2.75) is 13.8 Å². The van der Waals surface area contributed by atoms with Crippen molar-refractivity contribution in [3.05, 3.63) is 42.5 Å². The van der Waals surface area contributed by atoms with Gasteiger partial charge in [0.25, 0.3) is 0 Å². The lowest BCUT2D eigenvalue weighted by Gasteiger charge is -2.19. The second-order valence-corrected chi connectivity index (χ2v) is 3.25. The summed E-state index contributed by atoms with van der Waals surface area (Å²) in [6.07, 6.45) is 1.72. The molecule has 0 radical (unpaired) electrons. The highest BCUT2D eigenvalue weighted by Gasteiger charge is 2.08. The standard InChI is InChI=1S/C12H15NO/c1-4-9-13(11(3)14)12-7-5-10(2)6-8-12/h4-8H,1,9H2,2-3H3. The van der Waals surface area contributed by atoms with Gasteiger partial charge in [-0.25, -0.2) is 0 Å². The molecular weight excluding hydrogens is 174 g/mol. The molecule has 0 bridgehead atoms. The quantitative estimate of drug-likeness (QED) is 0.669. The molecule has 0 aromatic heterocycles. The van der Waals surface area contributed by atoms with Crippen LogP contribution in [0, 0.1) is 6.92 Å². The molecule has 2 heteroatoms. The van der Waals surface area contributed by atoms with Crippen LogP contribution < -0.4 is 4.90 Å². The fourth-order valence-electron chi connectivity index (χ4n) is 1.27. The van der Waals surface area contributed by atoms with E-state index in [0.29, 0.717) is 6.54 Å². The Morgan fingerprint density at radius 3 is 2.43 bits per heavy atom. The number of carbonyl (C=O) groups is 1. The number of hydrogen-bond acceptors (Lipinski definition) is 1. The number of hydrogen-bond donors (Lipinski definition) is 0. The summed E-state index contributed by atoms with van der Waals surface area (Å²) in [7, 11) is 0. The first kappa shape index (κ1) is 10.5. The van der Waals surface area contributed by atoms with Crippen molar-refractivity contribution in [2.75, 3.05) is 11.4 Å². The molecule has 74 valence electrons. The van der Waals surface area contributed by atoms with E-state index in [4.69, 9.17) is 0 Å². The zero-order valence-corrected chi connectivity index (χ0v) is 8.66. The first-order valence-electron chi connectivity index (χ1n) is 4.61. The smallest absolute Gasteiger partial charge is 0.224 e. The molecule has 1 aromatic carbocycles. The van der Waals surface area contributed by atoms with Crippen molar-refractivity contribution >= 4 is 11.6 Å². The third-order valence-corrected chi connectivity index (χ3v) is 2.04. The zero-order chi connectivity index (χ0) is 10.6. The topological polar surface area (TPSA) is 20.3 Å². The van der Waals surface area contributed by atoms with Crippen molar-refractivity contribution in [2.24, 2.45) is 0 Å².